The van der Waals surface area contributed by atoms with Gasteiger partial charge in [0.15, 0.2) is 6.10 Å². The van der Waals surface area contributed by atoms with Crippen molar-refractivity contribution in [2.75, 3.05) is 4.90 Å². The molecule has 6 nitrogen and oxygen atoms in total. The van der Waals surface area contributed by atoms with Crippen LogP contribution in [0.15, 0.2) is 121 Å². The third-order valence-corrected chi connectivity index (χ3v) is 8.16. The summed E-state index contributed by atoms with van der Waals surface area (Å²) in [5.74, 6) is -2.80. The molecule has 3 aliphatic rings. The Kier molecular flexibility index (Phi) is 5.81. The third-order valence-electron chi connectivity index (χ3n) is 8.16. The highest BCUT2D eigenvalue weighted by atomic mass is 16.5. The predicted molar refractivity (Wildman–Crippen MR) is 151 cm³/mol. The van der Waals surface area contributed by atoms with E-state index in [1.165, 1.54) is 4.90 Å². The largest absolute Gasteiger partial charge is 0.451 e. The third kappa shape index (κ3) is 3.75. The lowest BCUT2D eigenvalue weighted by molar-refractivity contribution is -0.155. The average molecular weight is 527 g/mol. The molecule has 0 unspecified atom stereocenters. The first-order valence-electron chi connectivity index (χ1n) is 13.4. The van der Waals surface area contributed by atoms with Crippen LogP contribution in [-0.4, -0.2) is 28.7 Å². The number of para-hydroxylation sites is 1. The summed E-state index contributed by atoms with van der Waals surface area (Å²) >= 11 is 0. The van der Waals surface area contributed by atoms with Gasteiger partial charge in [0.25, 0.3) is 0 Å². The molecule has 4 aromatic carbocycles. The van der Waals surface area contributed by atoms with Crippen LogP contribution < -0.4 is 4.90 Å². The molecule has 2 amide bonds. The molecule has 40 heavy (non-hydrogen) atoms. The number of ether oxygens (including phenoxy) is 1. The molecule has 4 aromatic rings. The zero-order valence-corrected chi connectivity index (χ0v) is 21.5. The summed E-state index contributed by atoms with van der Waals surface area (Å²) in [6.45, 7) is 0. The topological polar surface area (TPSA) is 66.9 Å². The molecular weight excluding hydrogens is 500 g/mol. The Labute approximate surface area is 232 Å². The number of anilines is 1. The van der Waals surface area contributed by atoms with E-state index in [0.717, 1.165) is 22.3 Å². The predicted octanol–water partition coefficient (Wildman–Crippen LogP) is 5.53. The Hall–Kier alpha value is -4.97. The van der Waals surface area contributed by atoms with Gasteiger partial charge in [-0.25, -0.2) is 9.69 Å². The average Bonchev–Trinajstić information content (AvgIpc) is 3.49. The molecule has 3 heterocycles. The SMILES string of the molecule is O=C(OC(c1ccccc1)c1ccccc1)[C@H]1[C@H]2C(=O)N(c3ccccc3)C(=O)[C@@H]2[C@H]2c3ccccc3C=CN21. The van der Waals surface area contributed by atoms with E-state index in [1.807, 2.05) is 108 Å². The van der Waals surface area contributed by atoms with Gasteiger partial charge in [-0.05, 0) is 40.5 Å². The summed E-state index contributed by atoms with van der Waals surface area (Å²) in [4.78, 5) is 45.4. The maximum Gasteiger partial charge on any atom is 0.330 e. The van der Waals surface area contributed by atoms with Gasteiger partial charge in [-0.1, -0.05) is 103 Å². The minimum atomic E-state index is -0.959. The van der Waals surface area contributed by atoms with Crippen molar-refractivity contribution in [2.45, 2.75) is 18.2 Å². The van der Waals surface area contributed by atoms with Crippen LogP contribution in [0.2, 0.25) is 0 Å². The second-order valence-corrected chi connectivity index (χ2v) is 10.3. The van der Waals surface area contributed by atoms with Crippen molar-refractivity contribution < 1.29 is 19.1 Å². The van der Waals surface area contributed by atoms with E-state index < -0.39 is 36.0 Å². The first kappa shape index (κ1) is 24.1. The lowest BCUT2D eigenvalue weighted by Gasteiger charge is -2.35. The van der Waals surface area contributed by atoms with Crippen molar-refractivity contribution in [2.24, 2.45) is 11.8 Å². The van der Waals surface area contributed by atoms with Gasteiger partial charge in [0.1, 0.15) is 6.04 Å². The number of carbonyl (C=O) groups excluding carboxylic acids is 3. The molecule has 0 spiro atoms. The highest BCUT2D eigenvalue weighted by molar-refractivity contribution is 6.23. The van der Waals surface area contributed by atoms with Crippen molar-refractivity contribution in [3.63, 3.8) is 0 Å². The molecular formula is C34H26N2O4. The molecule has 196 valence electrons. The second kappa shape index (κ2) is 9.65. The molecule has 0 saturated carbocycles. The van der Waals surface area contributed by atoms with E-state index in [2.05, 4.69) is 0 Å². The van der Waals surface area contributed by atoms with Crippen LogP contribution in [0.1, 0.15) is 34.4 Å². The summed E-state index contributed by atoms with van der Waals surface area (Å²) in [6.07, 6.45) is 3.11. The van der Waals surface area contributed by atoms with Crippen LogP contribution in [0.25, 0.3) is 6.08 Å². The zero-order chi connectivity index (χ0) is 27.2. The summed E-state index contributed by atoms with van der Waals surface area (Å²) in [5.41, 5.74) is 4.06. The molecule has 6 heteroatoms. The second-order valence-electron chi connectivity index (χ2n) is 10.3. The number of nitrogens with zero attached hydrogens (tertiary/aromatic N) is 2. The molecule has 2 fully saturated rings. The van der Waals surface area contributed by atoms with Gasteiger partial charge in [0.05, 0.1) is 23.6 Å². The van der Waals surface area contributed by atoms with Crippen molar-refractivity contribution in [3.05, 3.63) is 144 Å². The molecule has 0 radical (unpaired) electrons. The Morgan fingerprint density at radius 1 is 0.675 bits per heavy atom. The van der Waals surface area contributed by atoms with E-state index >= 15 is 0 Å². The summed E-state index contributed by atoms with van der Waals surface area (Å²) < 4.78 is 6.28. The lowest BCUT2D eigenvalue weighted by Crippen LogP contribution is -2.45. The Morgan fingerprint density at radius 2 is 1.23 bits per heavy atom. The van der Waals surface area contributed by atoms with Crippen LogP contribution in [0.5, 0.6) is 0 Å². The van der Waals surface area contributed by atoms with E-state index in [-0.39, 0.29) is 11.8 Å². The van der Waals surface area contributed by atoms with Gasteiger partial charge in [-0.15, -0.1) is 0 Å². The fourth-order valence-electron chi connectivity index (χ4n) is 6.43. The number of benzene rings is 4. The van der Waals surface area contributed by atoms with Crippen LogP contribution in [-0.2, 0) is 19.1 Å². The first-order chi connectivity index (χ1) is 19.6. The normalized spacial score (nSPS) is 22.7. The van der Waals surface area contributed by atoms with Crippen molar-refractivity contribution >= 4 is 29.5 Å². The summed E-state index contributed by atoms with van der Waals surface area (Å²) in [6, 6.07) is 34.5. The van der Waals surface area contributed by atoms with Gasteiger partial charge in [-0.3, -0.25) is 9.59 Å². The first-order valence-corrected chi connectivity index (χ1v) is 13.4. The standard InChI is InChI=1S/C34H26N2O4/c37-32-27-28(33(38)36(32)25-17-8-3-9-18-25)30(35-21-20-22-12-10-11-19-26(22)29(27)35)34(39)40-31(23-13-4-1-5-14-23)24-15-6-2-7-16-24/h1-21,27-31H/t27-,28-,29+,30+/m0/s1. The molecule has 0 aliphatic carbocycles. The van der Waals surface area contributed by atoms with Crippen molar-refractivity contribution in [3.8, 4) is 0 Å². The number of amides is 2. The smallest absolute Gasteiger partial charge is 0.330 e. The number of hydrogen-bond donors (Lipinski definition) is 0. The Bertz CT molecular complexity index is 1580. The van der Waals surface area contributed by atoms with Gasteiger partial charge in [0.2, 0.25) is 11.8 Å². The van der Waals surface area contributed by atoms with Gasteiger partial charge >= 0.3 is 5.97 Å². The molecule has 0 bridgehead atoms. The number of hydrogen-bond acceptors (Lipinski definition) is 5. The number of carbonyl (C=O) groups is 3. The fourth-order valence-corrected chi connectivity index (χ4v) is 6.43. The van der Waals surface area contributed by atoms with Crippen molar-refractivity contribution in [1.82, 2.24) is 4.90 Å². The zero-order valence-electron chi connectivity index (χ0n) is 21.5. The Morgan fingerprint density at radius 3 is 1.88 bits per heavy atom. The number of imide groups is 1. The number of fused-ring (bicyclic) bond motifs is 5. The monoisotopic (exact) mass is 526 g/mol. The highest BCUT2D eigenvalue weighted by Gasteiger charge is 2.65. The number of rotatable bonds is 5. The molecule has 2 saturated heterocycles. The molecule has 0 aromatic heterocycles. The minimum absolute atomic E-state index is 0.292. The lowest BCUT2D eigenvalue weighted by atomic mass is 9.84. The highest BCUT2D eigenvalue weighted by Crippen LogP contribution is 2.53. The van der Waals surface area contributed by atoms with E-state index in [4.69, 9.17) is 4.74 Å². The van der Waals surface area contributed by atoms with Crippen LogP contribution in [0, 0.1) is 11.8 Å². The Balaban J connectivity index is 1.31. The molecule has 0 N–H and O–H groups in total. The maximum absolute atomic E-state index is 14.2. The minimum Gasteiger partial charge on any atom is -0.451 e. The maximum atomic E-state index is 14.2. The summed E-state index contributed by atoms with van der Waals surface area (Å²) in [7, 11) is 0. The number of esters is 1. The van der Waals surface area contributed by atoms with E-state index in [0.29, 0.717) is 5.69 Å². The fraction of sp³-hybridized carbons (Fsp3) is 0.147. The quantitative estimate of drug-likeness (QED) is 0.253. The van der Waals surface area contributed by atoms with Gasteiger partial charge in [0, 0.05) is 6.20 Å². The van der Waals surface area contributed by atoms with Crippen LogP contribution in [0.4, 0.5) is 5.69 Å². The van der Waals surface area contributed by atoms with E-state index in [9.17, 15) is 14.4 Å². The van der Waals surface area contributed by atoms with Gasteiger partial charge in [-0.2, -0.15) is 0 Å². The molecule has 7 rings (SSSR count). The van der Waals surface area contributed by atoms with Crippen LogP contribution >= 0.6 is 0 Å². The van der Waals surface area contributed by atoms with Crippen molar-refractivity contribution in [1.29, 1.82) is 0 Å². The molecule has 3 aliphatic heterocycles. The molecule has 4 atom stereocenters. The summed E-state index contributed by atoms with van der Waals surface area (Å²) in [5, 5.41) is 0. The van der Waals surface area contributed by atoms with Gasteiger partial charge < -0.3 is 9.64 Å². The van der Waals surface area contributed by atoms with E-state index in [1.54, 1.807) is 24.3 Å². The van der Waals surface area contributed by atoms with Crippen LogP contribution in [0.3, 0.4) is 0 Å².